The van der Waals surface area contributed by atoms with Crippen molar-refractivity contribution in [2.24, 2.45) is 0 Å². The van der Waals surface area contributed by atoms with Gasteiger partial charge in [-0.05, 0) is 67.0 Å². The fourth-order valence-corrected chi connectivity index (χ4v) is 3.81. The summed E-state index contributed by atoms with van der Waals surface area (Å²) in [7, 11) is 0. The predicted molar refractivity (Wildman–Crippen MR) is 101 cm³/mol. The van der Waals surface area contributed by atoms with Gasteiger partial charge in [0.1, 0.15) is 0 Å². The SMILES string of the molecule is Cl.O=C(Nc1ccc2c(c1)CCCN2)C1CCCc2ccccc21. The number of nitrogens with one attached hydrogen (secondary N) is 2. The van der Waals surface area contributed by atoms with Crippen molar-refractivity contribution >= 4 is 29.7 Å². The molecule has 0 spiro atoms. The molecule has 24 heavy (non-hydrogen) atoms. The maximum absolute atomic E-state index is 12.8. The highest BCUT2D eigenvalue weighted by Gasteiger charge is 2.26. The van der Waals surface area contributed by atoms with Crippen LogP contribution >= 0.6 is 12.4 Å². The van der Waals surface area contributed by atoms with Crippen LogP contribution in [0.25, 0.3) is 0 Å². The molecule has 0 saturated heterocycles. The van der Waals surface area contributed by atoms with Crippen molar-refractivity contribution in [3.8, 4) is 0 Å². The number of hydrogen-bond acceptors (Lipinski definition) is 2. The molecule has 1 aliphatic carbocycles. The van der Waals surface area contributed by atoms with E-state index in [-0.39, 0.29) is 24.2 Å². The van der Waals surface area contributed by atoms with Gasteiger partial charge >= 0.3 is 0 Å². The number of hydrogen-bond donors (Lipinski definition) is 2. The van der Waals surface area contributed by atoms with E-state index in [4.69, 9.17) is 0 Å². The summed E-state index contributed by atoms with van der Waals surface area (Å²) in [5.41, 5.74) is 5.96. The van der Waals surface area contributed by atoms with Gasteiger partial charge in [0.15, 0.2) is 0 Å². The number of benzene rings is 2. The molecule has 2 N–H and O–H groups in total. The van der Waals surface area contributed by atoms with Gasteiger partial charge in [-0.1, -0.05) is 24.3 Å². The van der Waals surface area contributed by atoms with Crippen molar-refractivity contribution < 1.29 is 4.79 Å². The molecule has 0 aromatic heterocycles. The predicted octanol–water partition coefficient (Wildman–Crippen LogP) is 4.53. The summed E-state index contributed by atoms with van der Waals surface area (Å²) in [6, 6.07) is 14.6. The van der Waals surface area contributed by atoms with Crippen molar-refractivity contribution in [1.82, 2.24) is 0 Å². The molecule has 1 aliphatic heterocycles. The first-order chi connectivity index (χ1) is 11.3. The number of halogens is 1. The van der Waals surface area contributed by atoms with Crippen LogP contribution in [0.15, 0.2) is 42.5 Å². The maximum Gasteiger partial charge on any atom is 0.231 e. The molecule has 4 heteroatoms. The van der Waals surface area contributed by atoms with Crippen molar-refractivity contribution in [2.75, 3.05) is 17.2 Å². The Morgan fingerprint density at radius 1 is 1.04 bits per heavy atom. The molecule has 2 aromatic rings. The van der Waals surface area contributed by atoms with Crippen LogP contribution in [0.2, 0.25) is 0 Å². The zero-order valence-electron chi connectivity index (χ0n) is 13.7. The van der Waals surface area contributed by atoms with Crippen LogP contribution in [-0.2, 0) is 17.6 Å². The molecule has 0 fully saturated rings. The van der Waals surface area contributed by atoms with Crippen LogP contribution in [-0.4, -0.2) is 12.5 Å². The molecule has 1 atom stereocenters. The Morgan fingerprint density at radius 3 is 2.79 bits per heavy atom. The van der Waals surface area contributed by atoms with E-state index in [0.717, 1.165) is 44.3 Å². The Labute approximate surface area is 149 Å². The first-order valence-corrected chi connectivity index (χ1v) is 8.57. The number of carbonyl (C=O) groups excluding carboxylic acids is 1. The molecule has 4 rings (SSSR count). The lowest BCUT2D eigenvalue weighted by atomic mass is 9.82. The smallest absolute Gasteiger partial charge is 0.231 e. The molecule has 0 radical (unpaired) electrons. The van der Waals surface area contributed by atoms with Gasteiger partial charge < -0.3 is 10.6 Å². The van der Waals surface area contributed by atoms with Crippen molar-refractivity contribution in [1.29, 1.82) is 0 Å². The minimum atomic E-state index is -0.0193. The van der Waals surface area contributed by atoms with Gasteiger partial charge in [-0.3, -0.25) is 4.79 Å². The van der Waals surface area contributed by atoms with E-state index in [2.05, 4.69) is 41.0 Å². The third-order valence-electron chi connectivity index (χ3n) is 5.00. The summed E-state index contributed by atoms with van der Waals surface area (Å²) in [5.74, 6) is 0.106. The number of fused-ring (bicyclic) bond motifs is 2. The minimum Gasteiger partial charge on any atom is -0.385 e. The average molecular weight is 343 g/mol. The summed E-state index contributed by atoms with van der Waals surface area (Å²) < 4.78 is 0. The normalized spacial score (nSPS) is 18.4. The number of rotatable bonds is 2. The number of amides is 1. The van der Waals surface area contributed by atoms with E-state index in [1.165, 1.54) is 22.4 Å². The van der Waals surface area contributed by atoms with Gasteiger partial charge in [-0.15, -0.1) is 12.4 Å². The van der Waals surface area contributed by atoms with Gasteiger partial charge in [0.2, 0.25) is 5.91 Å². The van der Waals surface area contributed by atoms with Crippen LogP contribution in [0.4, 0.5) is 11.4 Å². The highest BCUT2D eigenvalue weighted by molar-refractivity contribution is 5.96. The van der Waals surface area contributed by atoms with Crippen LogP contribution < -0.4 is 10.6 Å². The molecule has 0 bridgehead atoms. The first-order valence-electron chi connectivity index (χ1n) is 8.57. The second-order valence-electron chi connectivity index (χ2n) is 6.54. The Hall–Kier alpha value is -2.00. The minimum absolute atomic E-state index is 0. The van der Waals surface area contributed by atoms with Crippen LogP contribution in [0.5, 0.6) is 0 Å². The fourth-order valence-electron chi connectivity index (χ4n) is 3.81. The summed E-state index contributed by atoms with van der Waals surface area (Å²) in [4.78, 5) is 12.8. The monoisotopic (exact) mass is 342 g/mol. The summed E-state index contributed by atoms with van der Waals surface area (Å²) >= 11 is 0. The highest BCUT2D eigenvalue weighted by atomic mass is 35.5. The Bertz CT molecular complexity index is 744. The van der Waals surface area contributed by atoms with Crippen molar-refractivity contribution in [2.45, 2.75) is 38.0 Å². The highest BCUT2D eigenvalue weighted by Crippen LogP contribution is 2.33. The Kier molecular flexibility index (Phi) is 5.10. The van der Waals surface area contributed by atoms with E-state index < -0.39 is 0 Å². The Balaban J connectivity index is 0.00000169. The van der Waals surface area contributed by atoms with E-state index in [1.807, 2.05) is 12.1 Å². The van der Waals surface area contributed by atoms with Gasteiger partial charge in [0.05, 0.1) is 5.92 Å². The molecule has 1 unspecified atom stereocenters. The zero-order chi connectivity index (χ0) is 15.6. The number of aryl methyl sites for hydroxylation is 2. The standard InChI is InChI=1S/C20H22N2O.ClH/c23-20(18-9-3-6-14-5-1-2-8-17(14)18)22-16-10-11-19-15(13-16)7-4-12-21-19;/h1-2,5,8,10-11,13,18,21H,3-4,6-7,9,12H2,(H,22,23);1H. The van der Waals surface area contributed by atoms with E-state index in [9.17, 15) is 4.79 Å². The average Bonchev–Trinajstić information content (AvgIpc) is 2.61. The van der Waals surface area contributed by atoms with Crippen molar-refractivity contribution in [3.05, 3.63) is 59.2 Å². The lowest BCUT2D eigenvalue weighted by Crippen LogP contribution is -2.25. The van der Waals surface area contributed by atoms with E-state index >= 15 is 0 Å². The van der Waals surface area contributed by atoms with Gasteiger partial charge in [0.25, 0.3) is 0 Å². The quantitative estimate of drug-likeness (QED) is 0.842. The van der Waals surface area contributed by atoms with E-state index in [1.54, 1.807) is 0 Å². The lowest BCUT2D eigenvalue weighted by Gasteiger charge is -2.25. The van der Waals surface area contributed by atoms with Crippen LogP contribution in [0.3, 0.4) is 0 Å². The molecule has 1 heterocycles. The largest absolute Gasteiger partial charge is 0.385 e. The molecule has 1 amide bonds. The van der Waals surface area contributed by atoms with Gasteiger partial charge in [-0.25, -0.2) is 0 Å². The first kappa shape index (κ1) is 16.8. The third-order valence-corrected chi connectivity index (χ3v) is 5.00. The Morgan fingerprint density at radius 2 is 1.88 bits per heavy atom. The van der Waals surface area contributed by atoms with Gasteiger partial charge in [-0.2, -0.15) is 0 Å². The molecule has 3 nitrogen and oxygen atoms in total. The zero-order valence-corrected chi connectivity index (χ0v) is 14.5. The van der Waals surface area contributed by atoms with Crippen molar-refractivity contribution in [3.63, 3.8) is 0 Å². The third kappa shape index (κ3) is 3.27. The summed E-state index contributed by atoms with van der Waals surface area (Å²) in [6.07, 6.45) is 5.35. The van der Waals surface area contributed by atoms with Gasteiger partial charge in [0, 0.05) is 17.9 Å². The topological polar surface area (TPSA) is 41.1 Å². The summed E-state index contributed by atoms with van der Waals surface area (Å²) in [6.45, 7) is 1.04. The molecule has 126 valence electrons. The van der Waals surface area contributed by atoms with Crippen LogP contribution in [0.1, 0.15) is 41.9 Å². The molecular formula is C20H23ClN2O. The number of carbonyl (C=O) groups is 1. The van der Waals surface area contributed by atoms with Crippen LogP contribution in [0, 0.1) is 0 Å². The molecular weight excluding hydrogens is 320 g/mol. The van der Waals surface area contributed by atoms with E-state index in [0.29, 0.717) is 0 Å². The second-order valence-corrected chi connectivity index (χ2v) is 6.54. The maximum atomic E-state index is 12.8. The fraction of sp³-hybridized carbons (Fsp3) is 0.350. The number of anilines is 2. The molecule has 0 saturated carbocycles. The molecule has 2 aromatic carbocycles. The second kappa shape index (κ2) is 7.27. The molecule has 2 aliphatic rings. The summed E-state index contributed by atoms with van der Waals surface area (Å²) in [5, 5.41) is 6.54. The lowest BCUT2D eigenvalue weighted by molar-refractivity contribution is -0.117.